The zero-order valence-electron chi connectivity index (χ0n) is 11.0. The van der Waals surface area contributed by atoms with Gasteiger partial charge in [-0.3, -0.25) is 9.71 Å². The molecule has 106 valence electrons. The molecule has 0 aliphatic carbocycles. The molecular weight excluding hydrogens is 281 g/mol. The molecule has 0 atom stereocenters. The standard InChI is InChI=1S/C13H14FN3O2S/c1-8-3-4-12(15)13(9(8)2)17-20(18,19)11-5-10(14)6-16-7-11/h3-7,17H,15H2,1-2H3. The van der Waals surface area contributed by atoms with Gasteiger partial charge in [-0.25, -0.2) is 12.8 Å². The van der Waals surface area contributed by atoms with E-state index in [1.165, 1.54) is 0 Å². The second-order valence-electron chi connectivity index (χ2n) is 4.42. The van der Waals surface area contributed by atoms with Crippen molar-refractivity contribution in [3.05, 3.63) is 47.5 Å². The highest BCUT2D eigenvalue weighted by atomic mass is 32.2. The van der Waals surface area contributed by atoms with Crippen LogP contribution < -0.4 is 10.5 Å². The number of nitrogens with two attached hydrogens (primary N) is 1. The Labute approximate surface area is 116 Å². The lowest BCUT2D eigenvalue weighted by molar-refractivity contribution is 0.592. The summed E-state index contributed by atoms with van der Waals surface area (Å²) in [7, 11) is -3.93. The number of nitrogens with zero attached hydrogens (tertiary/aromatic N) is 1. The van der Waals surface area contributed by atoms with Crippen LogP contribution in [0.3, 0.4) is 0 Å². The maximum absolute atomic E-state index is 13.1. The Kier molecular flexibility index (Phi) is 3.63. The summed E-state index contributed by atoms with van der Waals surface area (Å²) in [6.07, 6.45) is 2.01. The van der Waals surface area contributed by atoms with Crippen molar-refractivity contribution in [2.24, 2.45) is 0 Å². The van der Waals surface area contributed by atoms with E-state index in [0.717, 1.165) is 29.6 Å². The minimum Gasteiger partial charge on any atom is -0.397 e. The van der Waals surface area contributed by atoms with Crippen molar-refractivity contribution in [1.82, 2.24) is 4.98 Å². The van der Waals surface area contributed by atoms with Crippen molar-refractivity contribution in [2.75, 3.05) is 10.5 Å². The molecule has 0 radical (unpaired) electrons. The Morgan fingerprint density at radius 2 is 1.95 bits per heavy atom. The molecule has 0 bridgehead atoms. The Balaban J connectivity index is 2.47. The second kappa shape index (κ2) is 5.09. The molecule has 0 saturated carbocycles. The minimum atomic E-state index is -3.93. The van der Waals surface area contributed by atoms with Crippen LogP contribution in [0.1, 0.15) is 11.1 Å². The number of pyridine rings is 1. The topological polar surface area (TPSA) is 85.1 Å². The SMILES string of the molecule is Cc1ccc(N)c(NS(=O)(=O)c2cncc(F)c2)c1C. The highest BCUT2D eigenvalue weighted by molar-refractivity contribution is 7.92. The fourth-order valence-electron chi connectivity index (χ4n) is 1.70. The predicted octanol–water partition coefficient (Wildman–Crippen LogP) is 2.22. The van der Waals surface area contributed by atoms with Crippen LogP contribution in [0.5, 0.6) is 0 Å². The van der Waals surface area contributed by atoms with Gasteiger partial charge in [0.2, 0.25) is 0 Å². The van der Waals surface area contributed by atoms with Crippen LogP contribution in [0.25, 0.3) is 0 Å². The Bertz CT molecular complexity index is 760. The molecule has 2 aromatic rings. The number of rotatable bonds is 3. The third kappa shape index (κ3) is 2.72. The third-order valence-corrected chi connectivity index (χ3v) is 4.31. The van der Waals surface area contributed by atoms with Gasteiger partial charge in [-0.05, 0) is 37.1 Å². The molecule has 3 N–H and O–H groups in total. The maximum Gasteiger partial charge on any atom is 0.263 e. The van der Waals surface area contributed by atoms with Crippen LogP contribution in [0.15, 0.2) is 35.5 Å². The number of sulfonamides is 1. The van der Waals surface area contributed by atoms with E-state index in [0.29, 0.717) is 11.4 Å². The predicted molar refractivity (Wildman–Crippen MR) is 75.3 cm³/mol. The summed E-state index contributed by atoms with van der Waals surface area (Å²) in [6.45, 7) is 3.60. The lowest BCUT2D eigenvalue weighted by Gasteiger charge is -2.14. The van der Waals surface area contributed by atoms with E-state index < -0.39 is 15.8 Å². The molecular formula is C13H14FN3O2S. The number of halogens is 1. The normalized spacial score (nSPS) is 11.3. The number of nitrogens with one attached hydrogen (secondary N) is 1. The number of benzene rings is 1. The number of hydrogen-bond acceptors (Lipinski definition) is 4. The Morgan fingerprint density at radius 3 is 2.60 bits per heavy atom. The molecule has 0 spiro atoms. The molecule has 2 rings (SSSR count). The smallest absolute Gasteiger partial charge is 0.263 e. The molecule has 0 amide bonds. The third-order valence-electron chi connectivity index (χ3n) is 2.99. The first-order valence-electron chi connectivity index (χ1n) is 5.80. The second-order valence-corrected chi connectivity index (χ2v) is 6.10. The summed E-state index contributed by atoms with van der Waals surface area (Å²) in [5.41, 5.74) is 8.01. The summed E-state index contributed by atoms with van der Waals surface area (Å²) in [5.74, 6) is -0.721. The monoisotopic (exact) mass is 295 g/mol. The van der Waals surface area contributed by atoms with Crippen LogP contribution in [-0.4, -0.2) is 13.4 Å². The van der Waals surface area contributed by atoms with E-state index in [2.05, 4.69) is 9.71 Å². The van der Waals surface area contributed by atoms with E-state index in [1.807, 2.05) is 6.92 Å². The average molecular weight is 295 g/mol. The summed E-state index contributed by atoms with van der Waals surface area (Å²) in [6, 6.07) is 4.31. The van der Waals surface area contributed by atoms with Gasteiger partial charge in [0, 0.05) is 6.20 Å². The van der Waals surface area contributed by atoms with Crippen LogP contribution in [-0.2, 0) is 10.0 Å². The molecule has 0 saturated heterocycles. The van der Waals surface area contributed by atoms with Gasteiger partial charge in [0.1, 0.15) is 10.7 Å². The number of anilines is 2. The molecule has 0 unspecified atom stereocenters. The first-order chi connectivity index (χ1) is 9.31. The molecule has 0 aliphatic heterocycles. The van der Waals surface area contributed by atoms with Gasteiger partial charge < -0.3 is 5.73 Å². The van der Waals surface area contributed by atoms with Crippen molar-refractivity contribution in [3.8, 4) is 0 Å². The quantitative estimate of drug-likeness (QED) is 0.850. The Morgan fingerprint density at radius 1 is 1.25 bits per heavy atom. The average Bonchev–Trinajstić information content (AvgIpc) is 2.39. The van der Waals surface area contributed by atoms with Crippen LogP contribution in [0, 0.1) is 19.7 Å². The van der Waals surface area contributed by atoms with Gasteiger partial charge in [0.05, 0.1) is 17.6 Å². The van der Waals surface area contributed by atoms with Gasteiger partial charge in [-0.1, -0.05) is 6.07 Å². The maximum atomic E-state index is 13.1. The summed E-state index contributed by atoms with van der Waals surface area (Å²) in [5, 5.41) is 0. The van der Waals surface area contributed by atoms with E-state index in [-0.39, 0.29) is 4.90 Å². The molecule has 1 heterocycles. The lowest BCUT2D eigenvalue weighted by atomic mass is 10.1. The van der Waals surface area contributed by atoms with Gasteiger partial charge in [0.15, 0.2) is 0 Å². The molecule has 0 fully saturated rings. The lowest BCUT2D eigenvalue weighted by Crippen LogP contribution is -2.16. The highest BCUT2D eigenvalue weighted by Gasteiger charge is 2.18. The van der Waals surface area contributed by atoms with E-state index in [9.17, 15) is 12.8 Å². The number of aryl methyl sites for hydroxylation is 1. The fourth-order valence-corrected chi connectivity index (χ4v) is 2.83. The van der Waals surface area contributed by atoms with Crippen molar-refractivity contribution in [2.45, 2.75) is 18.7 Å². The van der Waals surface area contributed by atoms with Gasteiger partial charge >= 0.3 is 0 Å². The first kappa shape index (κ1) is 14.3. The summed E-state index contributed by atoms with van der Waals surface area (Å²) >= 11 is 0. The minimum absolute atomic E-state index is 0.252. The number of aromatic nitrogens is 1. The van der Waals surface area contributed by atoms with Gasteiger partial charge in [0.25, 0.3) is 10.0 Å². The largest absolute Gasteiger partial charge is 0.397 e. The van der Waals surface area contributed by atoms with E-state index in [4.69, 9.17) is 5.73 Å². The van der Waals surface area contributed by atoms with Gasteiger partial charge in [-0.15, -0.1) is 0 Å². The van der Waals surface area contributed by atoms with Crippen LogP contribution in [0.4, 0.5) is 15.8 Å². The number of nitrogen functional groups attached to an aromatic ring is 1. The molecule has 1 aromatic carbocycles. The van der Waals surface area contributed by atoms with Crippen LogP contribution >= 0.6 is 0 Å². The zero-order valence-corrected chi connectivity index (χ0v) is 11.8. The summed E-state index contributed by atoms with van der Waals surface area (Å²) in [4.78, 5) is 3.28. The molecule has 5 nitrogen and oxygen atoms in total. The van der Waals surface area contributed by atoms with Crippen molar-refractivity contribution < 1.29 is 12.8 Å². The van der Waals surface area contributed by atoms with E-state index in [1.54, 1.807) is 19.1 Å². The fraction of sp³-hybridized carbons (Fsp3) is 0.154. The first-order valence-corrected chi connectivity index (χ1v) is 7.28. The van der Waals surface area contributed by atoms with E-state index >= 15 is 0 Å². The molecule has 1 aromatic heterocycles. The zero-order chi connectivity index (χ0) is 14.9. The van der Waals surface area contributed by atoms with Crippen LogP contribution in [0.2, 0.25) is 0 Å². The van der Waals surface area contributed by atoms with Crippen molar-refractivity contribution >= 4 is 21.4 Å². The van der Waals surface area contributed by atoms with Crippen molar-refractivity contribution in [3.63, 3.8) is 0 Å². The number of hydrogen-bond donors (Lipinski definition) is 2. The van der Waals surface area contributed by atoms with Crippen molar-refractivity contribution in [1.29, 1.82) is 0 Å². The molecule has 7 heteroatoms. The summed E-state index contributed by atoms with van der Waals surface area (Å²) < 4.78 is 39.9. The molecule has 0 aliphatic rings. The Hall–Kier alpha value is -2.15. The highest BCUT2D eigenvalue weighted by Crippen LogP contribution is 2.28. The van der Waals surface area contributed by atoms with Gasteiger partial charge in [-0.2, -0.15) is 0 Å². The molecule has 20 heavy (non-hydrogen) atoms.